The fraction of sp³-hybridized carbons (Fsp3) is 0.600. The molecule has 0 saturated carbocycles. The summed E-state index contributed by atoms with van der Waals surface area (Å²) in [7, 11) is 0. The van der Waals surface area contributed by atoms with Gasteiger partial charge in [0.15, 0.2) is 5.78 Å². The highest BCUT2D eigenvalue weighted by atomic mass is 16.4. The summed E-state index contributed by atoms with van der Waals surface area (Å²) >= 11 is 0. The quantitative estimate of drug-likeness (QED) is 0.417. The smallest absolute Gasteiger partial charge is 0.303 e. The van der Waals surface area contributed by atoms with Gasteiger partial charge in [0.25, 0.3) is 0 Å². The van der Waals surface area contributed by atoms with Crippen LogP contribution in [0.4, 0.5) is 0 Å². The van der Waals surface area contributed by atoms with Gasteiger partial charge in [-0.1, -0.05) is 50.1 Å². The number of rotatable bonds is 12. The second kappa shape index (κ2) is 11.8. The van der Waals surface area contributed by atoms with E-state index >= 15 is 0 Å². The highest BCUT2D eigenvalue weighted by molar-refractivity contribution is 5.94. The van der Waals surface area contributed by atoms with Crippen molar-refractivity contribution in [2.24, 2.45) is 11.8 Å². The third-order valence-electron chi connectivity index (χ3n) is 4.29. The maximum Gasteiger partial charge on any atom is 0.303 e. The molecule has 0 spiro atoms. The molecule has 24 heavy (non-hydrogen) atoms. The molecule has 0 aromatic rings. The Morgan fingerprint density at radius 2 is 2.08 bits per heavy atom. The third-order valence-corrected chi connectivity index (χ3v) is 4.29. The maximum atomic E-state index is 11.9. The van der Waals surface area contributed by atoms with Gasteiger partial charge < -0.3 is 10.2 Å². The first-order chi connectivity index (χ1) is 11.5. The van der Waals surface area contributed by atoms with E-state index in [4.69, 9.17) is 5.11 Å². The lowest BCUT2D eigenvalue weighted by Crippen LogP contribution is -2.15. The Morgan fingerprint density at radius 3 is 2.79 bits per heavy atom. The monoisotopic (exact) mass is 334 g/mol. The Bertz CT molecular complexity index is 476. The molecule has 0 heterocycles. The van der Waals surface area contributed by atoms with E-state index in [0.29, 0.717) is 19.3 Å². The van der Waals surface area contributed by atoms with E-state index in [9.17, 15) is 14.7 Å². The minimum Gasteiger partial charge on any atom is -0.481 e. The molecule has 0 radical (unpaired) electrons. The van der Waals surface area contributed by atoms with E-state index in [1.165, 1.54) is 19.3 Å². The summed E-state index contributed by atoms with van der Waals surface area (Å²) in [6.45, 7) is 2.18. The van der Waals surface area contributed by atoms with Gasteiger partial charge in [0.05, 0.1) is 6.10 Å². The molecular formula is C20H30O4. The van der Waals surface area contributed by atoms with Crippen LogP contribution in [0, 0.1) is 11.8 Å². The third kappa shape index (κ3) is 8.25. The zero-order valence-corrected chi connectivity index (χ0v) is 14.6. The van der Waals surface area contributed by atoms with Crippen LogP contribution in [0.25, 0.3) is 0 Å². The lowest BCUT2D eigenvalue weighted by Gasteiger charge is -2.14. The molecule has 2 N–H and O–H groups in total. The summed E-state index contributed by atoms with van der Waals surface area (Å²) < 4.78 is 0. The first-order valence-corrected chi connectivity index (χ1v) is 8.99. The minimum atomic E-state index is -0.832. The first kappa shape index (κ1) is 20.4. The SMILES string of the molecule is CCCCC/C=C\C[C@H](O)/C=C/[C@@H]1C=CC(=O)[C@@H]1CCCC(=O)O. The second-order valence-corrected chi connectivity index (χ2v) is 6.39. The van der Waals surface area contributed by atoms with Gasteiger partial charge in [-0.25, -0.2) is 0 Å². The van der Waals surface area contributed by atoms with E-state index in [1.807, 2.05) is 18.2 Å². The average molecular weight is 334 g/mol. The standard InChI is InChI=1S/C20H30O4/c1-2-3-4-5-6-7-9-17(21)14-12-16-13-15-19(22)18(16)10-8-11-20(23)24/h6-7,12-18,21H,2-5,8-11H2,1H3,(H,23,24)/b7-6-,14-12+/t16-,17+,18-/m1/s1. The average Bonchev–Trinajstić information content (AvgIpc) is 2.89. The number of carboxylic acids is 1. The molecule has 0 amide bonds. The van der Waals surface area contributed by atoms with Crippen molar-refractivity contribution in [3.8, 4) is 0 Å². The molecular weight excluding hydrogens is 304 g/mol. The summed E-state index contributed by atoms with van der Waals surface area (Å²) in [4.78, 5) is 22.4. The van der Waals surface area contributed by atoms with Crippen molar-refractivity contribution in [1.82, 2.24) is 0 Å². The Hall–Kier alpha value is -1.68. The summed E-state index contributed by atoms with van der Waals surface area (Å²) in [5.74, 6) is -0.992. The Morgan fingerprint density at radius 1 is 1.29 bits per heavy atom. The number of allylic oxidation sites excluding steroid dienone is 4. The number of ketones is 1. The van der Waals surface area contributed by atoms with Gasteiger partial charge in [-0.15, -0.1) is 0 Å². The number of aliphatic hydroxyl groups is 1. The van der Waals surface area contributed by atoms with Gasteiger partial charge in [-0.2, -0.15) is 0 Å². The van der Waals surface area contributed by atoms with Crippen molar-refractivity contribution < 1.29 is 19.8 Å². The fourth-order valence-corrected chi connectivity index (χ4v) is 2.86. The van der Waals surface area contributed by atoms with E-state index in [2.05, 4.69) is 13.0 Å². The summed E-state index contributed by atoms with van der Waals surface area (Å²) in [5, 5.41) is 18.7. The summed E-state index contributed by atoms with van der Waals surface area (Å²) in [6, 6.07) is 0. The molecule has 4 nitrogen and oxygen atoms in total. The number of aliphatic hydroxyl groups excluding tert-OH is 1. The lowest BCUT2D eigenvalue weighted by molar-refractivity contribution is -0.137. The van der Waals surface area contributed by atoms with Crippen molar-refractivity contribution in [3.05, 3.63) is 36.5 Å². The van der Waals surface area contributed by atoms with E-state index in [1.54, 1.807) is 12.2 Å². The highest BCUT2D eigenvalue weighted by Crippen LogP contribution is 2.28. The summed E-state index contributed by atoms with van der Waals surface area (Å²) in [6.07, 6.45) is 17.0. The van der Waals surface area contributed by atoms with Gasteiger partial charge in [-0.05, 0) is 38.2 Å². The lowest BCUT2D eigenvalue weighted by atomic mass is 9.89. The predicted octanol–water partition coefficient (Wildman–Crippen LogP) is 4.06. The number of hydrogen-bond donors (Lipinski definition) is 2. The van der Waals surface area contributed by atoms with E-state index < -0.39 is 12.1 Å². The van der Waals surface area contributed by atoms with Gasteiger partial charge in [0, 0.05) is 18.3 Å². The summed E-state index contributed by atoms with van der Waals surface area (Å²) in [5.41, 5.74) is 0. The van der Waals surface area contributed by atoms with Crippen molar-refractivity contribution in [2.45, 2.75) is 64.4 Å². The van der Waals surface area contributed by atoms with Crippen LogP contribution < -0.4 is 0 Å². The largest absolute Gasteiger partial charge is 0.481 e. The van der Waals surface area contributed by atoms with Crippen molar-refractivity contribution >= 4 is 11.8 Å². The number of aliphatic carboxylic acids is 1. The molecule has 0 aliphatic heterocycles. The zero-order valence-electron chi connectivity index (χ0n) is 14.6. The van der Waals surface area contributed by atoms with Crippen LogP contribution >= 0.6 is 0 Å². The number of unbranched alkanes of at least 4 members (excludes halogenated alkanes) is 3. The molecule has 0 bridgehead atoms. The molecule has 0 fully saturated rings. The number of carboxylic acid groups (broad SMARTS) is 1. The van der Waals surface area contributed by atoms with Crippen molar-refractivity contribution in [2.75, 3.05) is 0 Å². The van der Waals surface area contributed by atoms with Crippen molar-refractivity contribution in [1.29, 1.82) is 0 Å². The molecule has 0 aromatic carbocycles. The Kier molecular flexibility index (Phi) is 10.0. The molecule has 0 unspecified atom stereocenters. The van der Waals surface area contributed by atoms with Crippen LogP contribution in [-0.4, -0.2) is 28.1 Å². The topological polar surface area (TPSA) is 74.6 Å². The normalized spacial score (nSPS) is 22.0. The van der Waals surface area contributed by atoms with Crippen LogP contribution in [0.15, 0.2) is 36.5 Å². The number of carbonyl (C=O) groups is 2. The number of hydrogen-bond acceptors (Lipinski definition) is 3. The van der Waals surface area contributed by atoms with Crippen LogP contribution in [0.3, 0.4) is 0 Å². The molecule has 4 heteroatoms. The Labute approximate surface area is 145 Å². The fourth-order valence-electron chi connectivity index (χ4n) is 2.86. The first-order valence-electron chi connectivity index (χ1n) is 8.99. The molecule has 1 aliphatic rings. The van der Waals surface area contributed by atoms with Crippen LogP contribution in [0.1, 0.15) is 58.3 Å². The Balaban J connectivity index is 2.36. The zero-order chi connectivity index (χ0) is 17.8. The van der Waals surface area contributed by atoms with Crippen LogP contribution in [0.2, 0.25) is 0 Å². The van der Waals surface area contributed by atoms with E-state index in [0.717, 1.165) is 6.42 Å². The van der Waals surface area contributed by atoms with Gasteiger partial charge in [0.2, 0.25) is 0 Å². The van der Waals surface area contributed by atoms with E-state index in [-0.39, 0.29) is 24.0 Å². The van der Waals surface area contributed by atoms with Crippen LogP contribution in [0.5, 0.6) is 0 Å². The maximum absolute atomic E-state index is 11.9. The predicted molar refractivity (Wildman–Crippen MR) is 95.7 cm³/mol. The van der Waals surface area contributed by atoms with Crippen molar-refractivity contribution in [3.63, 3.8) is 0 Å². The molecule has 134 valence electrons. The minimum absolute atomic E-state index is 0.0329. The molecule has 0 aromatic heterocycles. The highest BCUT2D eigenvalue weighted by Gasteiger charge is 2.27. The van der Waals surface area contributed by atoms with Crippen LogP contribution in [-0.2, 0) is 9.59 Å². The number of carbonyl (C=O) groups excluding carboxylic acids is 1. The molecule has 3 atom stereocenters. The molecule has 1 rings (SSSR count). The molecule has 1 aliphatic carbocycles. The van der Waals surface area contributed by atoms with Gasteiger partial charge in [0.1, 0.15) is 0 Å². The van der Waals surface area contributed by atoms with Gasteiger partial charge in [-0.3, -0.25) is 9.59 Å². The second-order valence-electron chi connectivity index (χ2n) is 6.39. The van der Waals surface area contributed by atoms with Gasteiger partial charge >= 0.3 is 5.97 Å². The molecule has 0 saturated heterocycles.